The second-order valence-electron chi connectivity index (χ2n) is 3.41. The first-order valence-corrected chi connectivity index (χ1v) is 5.93. The van der Waals surface area contributed by atoms with Crippen molar-refractivity contribution in [1.29, 1.82) is 0 Å². The maximum atomic E-state index is 11.1. The molecule has 17 heavy (non-hydrogen) atoms. The van der Waals surface area contributed by atoms with Crippen LogP contribution in [-0.4, -0.2) is 12.6 Å². The van der Waals surface area contributed by atoms with Crippen LogP contribution in [-0.2, 0) is 9.53 Å². The Hall–Kier alpha value is -1.57. The second-order valence-corrected chi connectivity index (χ2v) is 3.41. The highest BCUT2D eigenvalue weighted by atomic mass is 16.5. The standard InChI is InChI=1S/C12H14O2.C3H7/c1-2-10-14-12(13)9-8-11-6-4-3-5-7-11;1-3-2/h3-9H,2,10H2,1H3;1,3H2,2H3/b9-8+;. The summed E-state index contributed by atoms with van der Waals surface area (Å²) in [5.74, 6) is -0.282. The van der Waals surface area contributed by atoms with Gasteiger partial charge in [-0.1, -0.05) is 57.5 Å². The average Bonchev–Trinajstić information content (AvgIpc) is 2.36. The van der Waals surface area contributed by atoms with E-state index in [2.05, 4.69) is 6.92 Å². The average molecular weight is 233 g/mol. The molecule has 0 aliphatic rings. The van der Waals surface area contributed by atoms with Crippen LogP contribution in [0, 0.1) is 6.92 Å². The van der Waals surface area contributed by atoms with Crippen molar-refractivity contribution in [2.45, 2.75) is 26.7 Å². The number of carbonyl (C=O) groups is 1. The Morgan fingerprint density at radius 1 is 1.29 bits per heavy atom. The van der Waals surface area contributed by atoms with Gasteiger partial charge in [-0.3, -0.25) is 0 Å². The summed E-state index contributed by atoms with van der Waals surface area (Å²) < 4.78 is 4.89. The predicted molar refractivity (Wildman–Crippen MR) is 72.4 cm³/mol. The molecule has 0 spiro atoms. The highest BCUT2D eigenvalue weighted by molar-refractivity contribution is 5.86. The summed E-state index contributed by atoms with van der Waals surface area (Å²) in [5.41, 5.74) is 1.00. The van der Waals surface area contributed by atoms with E-state index in [1.165, 1.54) is 6.08 Å². The molecule has 1 aromatic rings. The summed E-state index contributed by atoms with van der Waals surface area (Å²) >= 11 is 0. The van der Waals surface area contributed by atoms with Crippen molar-refractivity contribution >= 4 is 12.0 Å². The zero-order valence-electron chi connectivity index (χ0n) is 10.7. The molecule has 0 bridgehead atoms. The molecular formula is C15H21O2. The molecular weight excluding hydrogens is 212 g/mol. The van der Waals surface area contributed by atoms with Crippen molar-refractivity contribution in [3.63, 3.8) is 0 Å². The normalized spacial score (nSPS) is 9.59. The van der Waals surface area contributed by atoms with E-state index >= 15 is 0 Å². The Balaban J connectivity index is 0.000000770. The van der Waals surface area contributed by atoms with Crippen molar-refractivity contribution in [3.8, 4) is 0 Å². The summed E-state index contributed by atoms with van der Waals surface area (Å²) in [6.45, 7) is 7.95. The monoisotopic (exact) mass is 233 g/mol. The molecule has 2 heteroatoms. The lowest BCUT2D eigenvalue weighted by atomic mass is 10.2. The third-order valence-electron chi connectivity index (χ3n) is 1.66. The van der Waals surface area contributed by atoms with Crippen molar-refractivity contribution < 1.29 is 9.53 Å². The first-order valence-electron chi connectivity index (χ1n) is 5.93. The van der Waals surface area contributed by atoms with E-state index in [0.717, 1.165) is 18.4 Å². The SMILES string of the molecule is CCCOC(=O)/C=C/c1ccccc1.[CH2]CC. The molecule has 0 aromatic heterocycles. The Kier molecular flexibility index (Phi) is 9.92. The Morgan fingerprint density at radius 2 is 1.88 bits per heavy atom. The minimum Gasteiger partial charge on any atom is -0.463 e. The fourth-order valence-electron chi connectivity index (χ4n) is 0.979. The van der Waals surface area contributed by atoms with E-state index in [1.807, 2.05) is 44.2 Å². The summed E-state index contributed by atoms with van der Waals surface area (Å²) in [6.07, 6.45) is 5.05. The molecule has 1 rings (SSSR count). The largest absolute Gasteiger partial charge is 0.463 e. The van der Waals surface area contributed by atoms with Crippen molar-refractivity contribution in [1.82, 2.24) is 0 Å². The van der Waals surface area contributed by atoms with Gasteiger partial charge in [0.25, 0.3) is 0 Å². The van der Waals surface area contributed by atoms with Gasteiger partial charge in [0.05, 0.1) is 6.61 Å². The zero-order chi connectivity index (χ0) is 12.9. The first-order chi connectivity index (χ1) is 8.24. The number of esters is 1. The van der Waals surface area contributed by atoms with E-state index in [1.54, 1.807) is 6.08 Å². The van der Waals surface area contributed by atoms with Gasteiger partial charge in [0.1, 0.15) is 0 Å². The molecule has 0 N–H and O–H groups in total. The number of hydrogen-bond donors (Lipinski definition) is 0. The van der Waals surface area contributed by atoms with Crippen LogP contribution in [0.1, 0.15) is 32.3 Å². The van der Waals surface area contributed by atoms with Gasteiger partial charge in [0.15, 0.2) is 0 Å². The molecule has 0 amide bonds. The van der Waals surface area contributed by atoms with Crippen LogP contribution < -0.4 is 0 Å². The zero-order valence-corrected chi connectivity index (χ0v) is 10.7. The Bertz CT molecular complexity index is 315. The predicted octanol–water partition coefficient (Wildman–Crippen LogP) is 3.88. The number of rotatable bonds is 4. The highest BCUT2D eigenvalue weighted by Gasteiger charge is 1.93. The lowest BCUT2D eigenvalue weighted by Gasteiger charge is -1.97. The van der Waals surface area contributed by atoms with E-state index in [-0.39, 0.29) is 5.97 Å². The van der Waals surface area contributed by atoms with E-state index in [9.17, 15) is 4.79 Å². The number of hydrogen-bond acceptors (Lipinski definition) is 2. The third-order valence-corrected chi connectivity index (χ3v) is 1.66. The van der Waals surface area contributed by atoms with Crippen LogP contribution in [0.25, 0.3) is 6.08 Å². The van der Waals surface area contributed by atoms with Gasteiger partial charge in [-0.2, -0.15) is 0 Å². The van der Waals surface area contributed by atoms with Gasteiger partial charge in [-0.15, -0.1) is 0 Å². The molecule has 0 saturated carbocycles. The fraction of sp³-hybridized carbons (Fsp3) is 0.333. The fourth-order valence-corrected chi connectivity index (χ4v) is 0.979. The molecule has 0 aliphatic carbocycles. The molecule has 1 radical (unpaired) electrons. The molecule has 0 unspecified atom stereocenters. The first kappa shape index (κ1) is 15.4. The summed E-state index contributed by atoms with van der Waals surface area (Å²) in [5, 5.41) is 0. The number of ether oxygens (including phenoxy) is 1. The van der Waals surface area contributed by atoms with Crippen molar-refractivity contribution in [2.24, 2.45) is 0 Å². The van der Waals surface area contributed by atoms with Crippen LogP contribution in [0.4, 0.5) is 0 Å². The lowest BCUT2D eigenvalue weighted by Crippen LogP contribution is -2.00. The minimum absolute atomic E-state index is 0.282. The quantitative estimate of drug-likeness (QED) is 0.582. The number of carbonyl (C=O) groups excluding carboxylic acids is 1. The Morgan fingerprint density at radius 3 is 2.41 bits per heavy atom. The summed E-state index contributed by atoms with van der Waals surface area (Å²) in [7, 11) is 0. The van der Waals surface area contributed by atoms with Crippen LogP contribution in [0.5, 0.6) is 0 Å². The highest BCUT2D eigenvalue weighted by Crippen LogP contribution is 2.00. The molecule has 2 nitrogen and oxygen atoms in total. The van der Waals surface area contributed by atoms with E-state index in [0.29, 0.717) is 6.61 Å². The minimum atomic E-state index is -0.282. The van der Waals surface area contributed by atoms with Crippen LogP contribution >= 0.6 is 0 Å². The van der Waals surface area contributed by atoms with Gasteiger partial charge in [-0.05, 0) is 18.1 Å². The summed E-state index contributed by atoms with van der Waals surface area (Å²) in [6, 6.07) is 9.66. The molecule has 0 fully saturated rings. The second kappa shape index (κ2) is 10.9. The van der Waals surface area contributed by atoms with E-state index in [4.69, 9.17) is 4.74 Å². The topological polar surface area (TPSA) is 26.3 Å². The van der Waals surface area contributed by atoms with Gasteiger partial charge < -0.3 is 4.74 Å². The lowest BCUT2D eigenvalue weighted by molar-refractivity contribution is -0.137. The van der Waals surface area contributed by atoms with Gasteiger partial charge >= 0.3 is 5.97 Å². The van der Waals surface area contributed by atoms with E-state index < -0.39 is 0 Å². The third kappa shape index (κ3) is 9.36. The summed E-state index contributed by atoms with van der Waals surface area (Å²) in [4.78, 5) is 11.1. The van der Waals surface area contributed by atoms with Gasteiger partial charge in [-0.25, -0.2) is 4.79 Å². The molecule has 0 aliphatic heterocycles. The number of benzene rings is 1. The maximum Gasteiger partial charge on any atom is 0.330 e. The molecule has 0 saturated heterocycles. The Labute approximate surface area is 104 Å². The smallest absolute Gasteiger partial charge is 0.330 e. The molecule has 1 aromatic carbocycles. The van der Waals surface area contributed by atoms with Crippen molar-refractivity contribution in [3.05, 3.63) is 48.9 Å². The van der Waals surface area contributed by atoms with Crippen LogP contribution in [0.3, 0.4) is 0 Å². The maximum absolute atomic E-state index is 11.1. The molecule has 0 heterocycles. The van der Waals surface area contributed by atoms with Crippen LogP contribution in [0.2, 0.25) is 0 Å². The van der Waals surface area contributed by atoms with Gasteiger partial charge in [0, 0.05) is 6.08 Å². The molecule has 0 atom stereocenters. The van der Waals surface area contributed by atoms with Crippen molar-refractivity contribution in [2.75, 3.05) is 6.61 Å². The molecule has 93 valence electrons. The van der Waals surface area contributed by atoms with Gasteiger partial charge in [0.2, 0.25) is 0 Å². The van der Waals surface area contributed by atoms with Crippen LogP contribution in [0.15, 0.2) is 36.4 Å².